The molecule has 0 atom stereocenters. The van der Waals surface area contributed by atoms with Gasteiger partial charge in [0.05, 0.1) is 12.2 Å². The predicted molar refractivity (Wildman–Crippen MR) is 84.4 cm³/mol. The van der Waals surface area contributed by atoms with Crippen LogP contribution in [-0.2, 0) is 11.3 Å². The van der Waals surface area contributed by atoms with Gasteiger partial charge in [0.15, 0.2) is 0 Å². The second kappa shape index (κ2) is 6.23. The molecule has 1 amide bonds. The van der Waals surface area contributed by atoms with Gasteiger partial charge in [0.1, 0.15) is 0 Å². The molecule has 5 nitrogen and oxygen atoms in total. The van der Waals surface area contributed by atoms with Crippen molar-refractivity contribution in [2.75, 3.05) is 13.1 Å². The number of hydrogen-bond acceptors (Lipinski definition) is 3. The van der Waals surface area contributed by atoms with Gasteiger partial charge >= 0.3 is 0 Å². The van der Waals surface area contributed by atoms with Crippen LogP contribution >= 0.6 is 0 Å². The quantitative estimate of drug-likeness (QED) is 0.856. The third-order valence-corrected chi connectivity index (χ3v) is 5.07. The zero-order chi connectivity index (χ0) is 15.7. The maximum Gasteiger partial charge on any atom is 0.266 e. The lowest BCUT2D eigenvalue weighted by Gasteiger charge is -2.42. The number of rotatable bonds is 3. The van der Waals surface area contributed by atoms with E-state index in [1.807, 2.05) is 11.8 Å². The predicted octanol–water partition coefficient (Wildman–Crippen LogP) is 1.84. The fourth-order valence-corrected chi connectivity index (χ4v) is 3.56. The molecule has 1 saturated heterocycles. The number of carbonyl (C=O) groups excluding carboxylic acids is 1. The summed E-state index contributed by atoms with van der Waals surface area (Å²) in [6.45, 7) is 6.31. The van der Waals surface area contributed by atoms with Crippen LogP contribution < -0.4 is 5.56 Å². The molecule has 1 aliphatic carbocycles. The molecule has 1 aromatic rings. The highest BCUT2D eigenvalue weighted by Crippen LogP contribution is 2.31. The Labute approximate surface area is 131 Å². The van der Waals surface area contributed by atoms with Gasteiger partial charge < -0.3 is 4.90 Å². The number of amides is 1. The Kier molecular flexibility index (Phi) is 4.32. The summed E-state index contributed by atoms with van der Waals surface area (Å²) >= 11 is 0. The number of nitrogens with zero attached hydrogens (tertiary/aromatic N) is 3. The van der Waals surface area contributed by atoms with Crippen molar-refractivity contribution in [1.82, 2.24) is 14.7 Å². The zero-order valence-electron chi connectivity index (χ0n) is 13.5. The minimum atomic E-state index is -0.0587. The summed E-state index contributed by atoms with van der Waals surface area (Å²) in [6, 6.07) is 3.30. The van der Waals surface area contributed by atoms with E-state index in [2.05, 4.69) is 12.0 Å². The largest absolute Gasteiger partial charge is 0.342 e. The van der Waals surface area contributed by atoms with Crippen LogP contribution in [0.15, 0.2) is 16.9 Å². The first-order valence-corrected chi connectivity index (χ1v) is 8.36. The molecule has 0 bridgehead atoms. The molecule has 2 aliphatic rings. The van der Waals surface area contributed by atoms with Crippen molar-refractivity contribution in [1.29, 1.82) is 0 Å². The smallest absolute Gasteiger partial charge is 0.266 e. The first-order valence-electron chi connectivity index (χ1n) is 8.36. The van der Waals surface area contributed by atoms with Crippen LogP contribution in [0, 0.1) is 24.7 Å². The van der Waals surface area contributed by atoms with Crippen molar-refractivity contribution >= 4 is 5.91 Å². The molecule has 1 saturated carbocycles. The summed E-state index contributed by atoms with van der Waals surface area (Å²) in [5.41, 5.74) is 0.792. The third-order valence-electron chi connectivity index (χ3n) is 5.07. The van der Waals surface area contributed by atoms with E-state index in [-0.39, 0.29) is 11.5 Å². The number of hydrogen-bond donors (Lipinski definition) is 0. The summed E-state index contributed by atoms with van der Waals surface area (Å²) < 4.78 is 1.53. The Balaban J connectivity index is 1.50. The second-order valence-corrected chi connectivity index (χ2v) is 7.06. The van der Waals surface area contributed by atoms with Crippen LogP contribution in [0.3, 0.4) is 0 Å². The molecule has 3 rings (SSSR count). The van der Waals surface area contributed by atoms with Gasteiger partial charge in [-0.25, -0.2) is 4.68 Å². The Morgan fingerprint density at radius 1 is 1.23 bits per heavy atom. The fraction of sp³-hybridized carbons (Fsp3) is 0.706. The molecule has 0 N–H and O–H groups in total. The number of carbonyl (C=O) groups is 1. The van der Waals surface area contributed by atoms with Crippen LogP contribution in [0.4, 0.5) is 0 Å². The summed E-state index contributed by atoms with van der Waals surface area (Å²) in [4.78, 5) is 26.2. The maximum absolute atomic E-state index is 12.4. The number of aryl methyl sites for hydroxylation is 1. The summed E-state index contributed by atoms with van der Waals surface area (Å²) in [5.74, 6) is 1.69. The molecular weight excluding hydrogens is 278 g/mol. The minimum Gasteiger partial charge on any atom is -0.342 e. The SMILES string of the molecule is Cc1ccc(=O)n(CC2CN(C(=O)C3CCC(C)CC3)C2)n1. The summed E-state index contributed by atoms with van der Waals surface area (Å²) in [5, 5.41) is 4.26. The average molecular weight is 303 g/mol. The molecule has 5 heteroatoms. The topological polar surface area (TPSA) is 55.2 Å². The van der Waals surface area contributed by atoms with Gasteiger partial charge in [0.25, 0.3) is 5.56 Å². The lowest BCUT2D eigenvalue weighted by Crippen LogP contribution is -2.54. The van der Waals surface area contributed by atoms with Gasteiger partial charge in [-0.3, -0.25) is 9.59 Å². The molecule has 0 aromatic carbocycles. The van der Waals surface area contributed by atoms with E-state index in [1.165, 1.54) is 17.5 Å². The van der Waals surface area contributed by atoms with E-state index >= 15 is 0 Å². The highest BCUT2D eigenvalue weighted by atomic mass is 16.2. The normalized spacial score (nSPS) is 25.8. The molecular formula is C17H25N3O2. The Hall–Kier alpha value is -1.65. The van der Waals surface area contributed by atoms with Crippen molar-refractivity contribution in [3.8, 4) is 0 Å². The fourth-order valence-electron chi connectivity index (χ4n) is 3.56. The lowest BCUT2D eigenvalue weighted by atomic mass is 9.81. The molecule has 2 heterocycles. The standard InChI is InChI=1S/C17H25N3O2/c1-12-3-6-15(7-4-12)17(22)19-9-14(10-19)11-20-16(21)8-5-13(2)18-20/h5,8,12,14-15H,3-4,6-7,9-11H2,1-2H3. The second-order valence-electron chi connectivity index (χ2n) is 7.06. The first kappa shape index (κ1) is 15.3. The van der Waals surface area contributed by atoms with Gasteiger partial charge in [-0.05, 0) is 44.6 Å². The van der Waals surface area contributed by atoms with Gasteiger partial charge in [0, 0.05) is 31.0 Å². The summed E-state index contributed by atoms with van der Waals surface area (Å²) in [6.07, 6.45) is 4.44. The molecule has 0 spiro atoms. The third kappa shape index (κ3) is 3.23. The van der Waals surface area contributed by atoms with E-state index in [9.17, 15) is 9.59 Å². The van der Waals surface area contributed by atoms with Crippen LogP contribution in [0.25, 0.3) is 0 Å². The van der Waals surface area contributed by atoms with Crippen LogP contribution in [0.5, 0.6) is 0 Å². The number of aromatic nitrogens is 2. The van der Waals surface area contributed by atoms with E-state index in [4.69, 9.17) is 0 Å². The average Bonchev–Trinajstić information content (AvgIpc) is 2.46. The molecule has 1 aromatic heterocycles. The zero-order valence-corrected chi connectivity index (χ0v) is 13.5. The first-order chi connectivity index (χ1) is 10.5. The molecule has 2 fully saturated rings. The molecule has 120 valence electrons. The van der Waals surface area contributed by atoms with E-state index in [0.29, 0.717) is 18.4 Å². The highest BCUT2D eigenvalue weighted by Gasteiger charge is 2.35. The number of likely N-dealkylation sites (tertiary alicyclic amines) is 1. The minimum absolute atomic E-state index is 0.0587. The molecule has 1 aliphatic heterocycles. The Morgan fingerprint density at radius 2 is 1.91 bits per heavy atom. The summed E-state index contributed by atoms with van der Waals surface area (Å²) in [7, 11) is 0. The van der Waals surface area contributed by atoms with Crippen LogP contribution in [0.2, 0.25) is 0 Å². The van der Waals surface area contributed by atoms with Gasteiger partial charge in [-0.1, -0.05) is 6.92 Å². The van der Waals surface area contributed by atoms with E-state index in [1.54, 1.807) is 12.1 Å². The van der Waals surface area contributed by atoms with E-state index < -0.39 is 0 Å². The highest BCUT2D eigenvalue weighted by molar-refractivity contribution is 5.79. The van der Waals surface area contributed by atoms with Crippen molar-refractivity contribution < 1.29 is 4.79 Å². The van der Waals surface area contributed by atoms with E-state index in [0.717, 1.165) is 37.5 Å². The molecule has 22 heavy (non-hydrogen) atoms. The van der Waals surface area contributed by atoms with Crippen molar-refractivity contribution in [3.05, 3.63) is 28.2 Å². The lowest BCUT2D eigenvalue weighted by molar-refractivity contribution is -0.143. The van der Waals surface area contributed by atoms with Gasteiger partial charge in [-0.15, -0.1) is 0 Å². The molecule has 0 unspecified atom stereocenters. The Morgan fingerprint density at radius 3 is 2.59 bits per heavy atom. The molecule has 0 radical (unpaired) electrons. The van der Waals surface area contributed by atoms with Crippen molar-refractivity contribution in [2.24, 2.45) is 17.8 Å². The van der Waals surface area contributed by atoms with Crippen LogP contribution in [-0.4, -0.2) is 33.7 Å². The Bertz CT molecular complexity index is 596. The van der Waals surface area contributed by atoms with Crippen molar-refractivity contribution in [3.63, 3.8) is 0 Å². The maximum atomic E-state index is 12.4. The van der Waals surface area contributed by atoms with Crippen molar-refractivity contribution in [2.45, 2.75) is 46.1 Å². The monoisotopic (exact) mass is 303 g/mol. The van der Waals surface area contributed by atoms with Gasteiger partial charge in [-0.2, -0.15) is 5.10 Å². The van der Waals surface area contributed by atoms with Crippen LogP contribution in [0.1, 0.15) is 38.3 Å². The van der Waals surface area contributed by atoms with Gasteiger partial charge in [0.2, 0.25) is 5.91 Å².